The van der Waals surface area contributed by atoms with Gasteiger partial charge in [0.2, 0.25) is 16.9 Å². The first-order valence-corrected chi connectivity index (χ1v) is 15.0. The fourth-order valence-corrected chi connectivity index (χ4v) is 4.94. The quantitative estimate of drug-likeness (QED) is 0.130. The first kappa shape index (κ1) is 32.1. The second-order valence-corrected chi connectivity index (χ2v) is 12.0. The van der Waals surface area contributed by atoms with E-state index < -0.39 is 5.60 Å². The molecule has 0 aliphatic carbocycles. The van der Waals surface area contributed by atoms with Crippen molar-refractivity contribution in [2.24, 2.45) is 0 Å². The number of carbonyl (C=O) groups excluding carboxylic acids is 2. The number of aryl methyl sites for hydroxylation is 1. The number of aromatic nitrogens is 1. The molecule has 3 N–H and O–H groups in total. The lowest BCUT2D eigenvalue weighted by atomic mass is 10.1. The molecule has 0 spiro atoms. The summed E-state index contributed by atoms with van der Waals surface area (Å²) in [6.07, 6.45) is 5.77. The minimum absolute atomic E-state index is 0.118. The number of hydrogen-bond donors (Lipinski definition) is 3. The molecule has 0 saturated heterocycles. The molecule has 0 atom stereocenters. The summed E-state index contributed by atoms with van der Waals surface area (Å²) in [6, 6.07) is 15.7. The van der Waals surface area contributed by atoms with Crippen LogP contribution < -0.4 is 25.4 Å². The van der Waals surface area contributed by atoms with Gasteiger partial charge in [0, 0.05) is 75.2 Å². The van der Waals surface area contributed by atoms with Crippen LogP contribution in [0.3, 0.4) is 0 Å². The molecule has 2 aromatic carbocycles. The Morgan fingerprint density at radius 3 is 2.17 bits per heavy atom. The molecular formula is C33H50N5O3+. The summed E-state index contributed by atoms with van der Waals surface area (Å²) < 4.78 is 7.68. The van der Waals surface area contributed by atoms with Crippen LogP contribution >= 0.6 is 0 Å². The van der Waals surface area contributed by atoms with E-state index in [1.807, 2.05) is 27.8 Å². The highest BCUT2D eigenvalue weighted by atomic mass is 16.6. The van der Waals surface area contributed by atoms with Crippen LogP contribution in [0.1, 0.15) is 71.3 Å². The van der Waals surface area contributed by atoms with Gasteiger partial charge in [0.05, 0.1) is 0 Å². The van der Waals surface area contributed by atoms with Gasteiger partial charge in [-0.15, -0.1) is 0 Å². The van der Waals surface area contributed by atoms with Crippen molar-refractivity contribution in [2.75, 3.05) is 39.1 Å². The summed E-state index contributed by atoms with van der Waals surface area (Å²) in [7, 11) is 6.13. The Hall–Kier alpha value is -3.39. The van der Waals surface area contributed by atoms with Gasteiger partial charge in [-0.05, 0) is 89.8 Å². The molecule has 0 unspecified atom stereocenters. The zero-order valence-corrected chi connectivity index (χ0v) is 25.9. The average Bonchev–Trinajstić information content (AvgIpc) is 2.90. The SMILES string of the molecule is CNCc1ccc2cc3ccc(N(C)C)cc3[n+](CCCCCC(=O)NCCCCCNC(=O)OC(C)(C)C)c2c1. The average molecular weight is 565 g/mol. The van der Waals surface area contributed by atoms with E-state index in [1.165, 1.54) is 33.1 Å². The number of nitrogens with zero attached hydrogens (tertiary/aromatic N) is 2. The topological polar surface area (TPSA) is 86.6 Å². The van der Waals surface area contributed by atoms with Crippen LogP contribution in [0, 0.1) is 0 Å². The van der Waals surface area contributed by atoms with Gasteiger partial charge in [0.1, 0.15) is 12.1 Å². The molecule has 1 aromatic heterocycles. The van der Waals surface area contributed by atoms with Gasteiger partial charge in [-0.2, -0.15) is 4.57 Å². The van der Waals surface area contributed by atoms with Crippen LogP contribution in [-0.4, -0.2) is 51.8 Å². The normalized spacial score (nSPS) is 11.6. The maximum Gasteiger partial charge on any atom is 0.407 e. The Labute approximate surface area is 245 Å². The molecule has 8 heteroatoms. The Morgan fingerprint density at radius 1 is 0.829 bits per heavy atom. The second kappa shape index (κ2) is 15.6. The summed E-state index contributed by atoms with van der Waals surface area (Å²) in [5, 5.41) is 11.6. The van der Waals surface area contributed by atoms with Gasteiger partial charge in [-0.3, -0.25) is 4.79 Å². The number of fused-ring (bicyclic) bond motifs is 2. The number of amides is 2. The van der Waals surface area contributed by atoms with E-state index >= 15 is 0 Å². The van der Waals surface area contributed by atoms with E-state index in [0.29, 0.717) is 19.5 Å². The predicted molar refractivity (Wildman–Crippen MR) is 168 cm³/mol. The standard InChI is InChI=1S/C33H49N5O3/c1-33(2,3)41-32(40)36-19-11-8-10-18-35-31(39)13-9-7-12-20-38-29-21-25(24-34-4)14-15-26(29)22-27-16-17-28(37(5)6)23-30(27)38/h14-17,21-23,34H,7-13,18-20,24H2,1-6H3,(H-,35,36,39,40)/p+1. The summed E-state index contributed by atoms with van der Waals surface area (Å²) >= 11 is 0. The maximum atomic E-state index is 12.3. The van der Waals surface area contributed by atoms with E-state index in [-0.39, 0.29) is 12.0 Å². The van der Waals surface area contributed by atoms with Gasteiger partial charge in [-0.1, -0.05) is 6.07 Å². The fourth-order valence-electron chi connectivity index (χ4n) is 4.94. The molecule has 41 heavy (non-hydrogen) atoms. The Morgan fingerprint density at radius 2 is 1.49 bits per heavy atom. The molecule has 8 nitrogen and oxygen atoms in total. The van der Waals surface area contributed by atoms with Crippen LogP contribution in [0.5, 0.6) is 0 Å². The summed E-state index contributed by atoms with van der Waals surface area (Å²) in [4.78, 5) is 26.1. The van der Waals surface area contributed by atoms with E-state index in [4.69, 9.17) is 4.74 Å². The highest BCUT2D eigenvalue weighted by molar-refractivity contribution is 5.90. The number of carbonyl (C=O) groups is 2. The maximum absolute atomic E-state index is 12.3. The molecule has 0 aliphatic rings. The molecule has 2 amide bonds. The minimum atomic E-state index is -0.482. The molecule has 3 aromatic rings. The van der Waals surface area contributed by atoms with E-state index in [0.717, 1.165) is 51.6 Å². The van der Waals surface area contributed by atoms with Gasteiger partial charge in [0.15, 0.2) is 0 Å². The Kier molecular flexibility index (Phi) is 12.2. The number of hydrogen-bond acceptors (Lipinski definition) is 5. The van der Waals surface area contributed by atoms with Crippen molar-refractivity contribution in [3.05, 3.63) is 48.0 Å². The minimum Gasteiger partial charge on any atom is -0.444 e. The van der Waals surface area contributed by atoms with Crippen molar-refractivity contribution in [3.63, 3.8) is 0 Å². The molecule has 224 valence electrons. The highest BCUT2D eigenvalue weighted by Crippen LogP contribution is 2.24. The van der Waals surface area contributed by atoms with Gasteiger partial charge < -0.3 is 25.6 Å². The largest absolute Gasteiger partial charge is 0.444 e. The van der Waals surface area contributed by atoms with Crippen molar-refractivity contribution in [3.8, 4) is 0 Å². The molecule has 1 heterocycles. The zero-order valence-electron chi connectivity index (χ0n) is 25.9. The number of pyridine rings is 1. The lowest BCUT2D eigenvalue weighted by Crippen LogP contribution is -2.36. The summed E-state index contributed by atoms with van der Waals surface area (Å²) in [5.41, 5.74) is 4.47. The third-order valence-corrected chi connectivity index (χ3v) is 7.03. The van der Waals surface area contributed by atoms with E-state index in [9.17, 15) is 9.59 Å². The van der Waals surface area contributed by atoms with Crippen LogP contribution in [-0.2, 0) is 22.6 Å². The van der Waals surface area contributed by atoms with Gasteiger partial charge >= 0.3 is 6.09 Å². The summed E-state index contributed by atoms with van der Waals surface area (Å²) in [5.74, 6) is 0.118. The fraction of sp³-hybridized carbons (Fsp3) is 0.545. The van der Waals surface area contributed by atoms with Crippen molar-refractivity contribution in [2.45, 2.75) is 84.4 Å². The van der Waals surface area contributed by atoms with Crippen molar-refractivity contribution >= 4 is 39.5 Å². The molecular weight excluding hydrogens is 514 g/mol. The van der Waals surface area contributed by atoms with Crippen LogP contribution in [0.2, 0.25) is 0 Å². The van der Waals surface area contributed by atoms with E-state index in [2.05, 4.69) is 82.0 Å². The molecule has 0 saturated carbocycles. The van der Waals surface area contributed by atoms with E-state index in [1.54, 1.807) is 0 Å². The Bertz CT molecular complexity index is 1300. The molecule has 0 fully saturated rings. The van der Waals surface area contributed by atoms with Crippen LogP contribution in [0.25, 0.3) is 21.8 Å². The third kappa shape index (κ3) is 10.5. The van der Waals surface area contributed by atoms with Gasteiger partial charge in [-0.25, -0.2) is 4.79 Å². The lowest BCUT2D eigenvalue weighted by molar-refractivity contribution is -0.645. The smallest absolute Gasteiger partial charge is 0.407 e. The van der Waals surface area contributed by atoms with Crippen LogP contribution in [0.15, 0.2) is 42.5 Å². The van der Waals surface area contributed by atoms with Crippen molar-refractivity contribution in [1.82, 2.24) is 16.0 Å². The number of rotatable bonds is 15. The van der Waals surface area contributed by atoms with Crippen molar-refractivity contribution < 1.29 is 18.9 Å². The number of alkyl carbamates (subject to hydrolysis) is 1. The molecule has 0 bridgehead atoms. The third-order valence-electron chi connectivity index (χ3n) is 7.03. The first-order valence-electron chi connectivity index (χ1n) is 15.0. The molecule has 0 aliphatic heterocycles. The predicted octanol–water partition coefficient (Wildman–Crippen LogP) is 5.44. The highest BCUT2D eigenvalue weighted by Gasteiger charge is 2.17. The monoisotopic (exact) mass is 564 g/mol. The first-order chi connectivity index (χ1) is 19.6. The number of unbranched alkanes of at least 4 members (excludes halogenated alkanes) is 4. The number of ether oxygens (including phenoxy) is 1. The molecule has 0 radical (unpaired) electrons. The van der Waals surface area contributed by atoms with Crippen molar-refractivity contribution in [1.29, 1.82) is 0 Å². The lowest BCUT2D eigenvalue weighted by Gasteiger charge is -2.19. The second-order valence-electron chi connectivity index (χ2n) is 12.0. The summed E-state index contributed by atoms with van der Waals surface area (Å²) in [6.45, 7) is 8.55. The molecule has 3 rings (SSSR count). The number of anilines is 1. The Balaban J connectivity index is 1.45. The zero-order chi connectivity index (χ0) is 29.8. The number of benzene rings is 2. The number of nitrogens with one attached hydrogen (secondary N) is 3. The van der Waals surface area contributed by atoms with Crippen LogP contribution in [0.4, 0.5) is 10.5 Å². The van der Waals surface area contributed by atoms with Gasteiger partial charge in [0.25, 0.3) is 0 Å².